The summed E-state index contributed by atoms with van der Waals surface area (Å²) in [6, 6.07) is 8.65. The van der Waals surface area contributed by atoms with Gasteiger partial charge in [-0.2, -0.15) is 0 Å². The zero-order valence-electron chi connectivity index (χ0n) is 26.7. The maximum atomic E-state index is 13.7. The van der Waals surface area contributed by atoms with E-state index in [1.165, 1.54) is 18.3 Å². The molecular weight excluding hydrogens is 614 g/mol. The number of rotatable bonds is 17. The minimum Gasteiger partial charge on any atom is -0.508 e. The van der Waals surface area contributed by atoms with Gasteiger partial charge in [-0.3, -0.25) is 33.5 Å². The van der Waals surface area contributed by atoms with Crippen LogP contribution in [-0.4, -0.2) is 94.1 Å². The Morgan fingerprint density at radius 1 is 0.957 bits per heavy atom. The van der Waals surface area contributed by atoms with Gasteiger partial charge in [0.25, 0.3) is 0 Å². The van der Waals surface area contributed by atoms with Gasteiger partial charge in [-0.25, -0.2) is 0 Å². The first-order valence-corrected chi connectivity index (χ1v) is 16.6. The summed E-state index contributed by atoms with van der Waals surface area (Å²) in [5.41, 5.74) is 15.1. The van der Waals surface area contributed by atoms with Gasteiger partial charge in [-0.1, -0.05) is 30.3 Å². The number of aryl methyl sites for hydroxylation is 2. The number of hydrogen-bond donors (Lipinski definition) is 5. The van der Waals surface area contributed by atoms with Crippen LogP contribution in [0.2, 0.25) is 0 Å². The largest absolute Gasteiger partial charge is 0.508 e. The van der Waals surface area contributed by atoms with Crippen molar-refractivity contribution >= 4 is 40.4 Å². The van der Waals surface area contributed by atoms with Gasteiger partial charge in [0.05, 0.1) is 25.7 Å². The number of phenols is 1. The van der Waals surface area contributed by atoms with E-state index in [9.17, 15) is 33.3 Å². The molecule has 2 unspecified atom stereocenters. The number of amides is 4. The summed E-state index contributed by atoms with van der Waals surface area (Å²) in [7, 11) is 0.0489. The fourth-order valence-electron chi connectivity index (χ4n) is 4.85. The number of benzene rings is 2. The molecule has 0 aliphatic carbocycles. The minimum atomic E-state index is -1.21. The molecule has 0 fully saturated rings. The van der Waals surface area contributed by atoms with E-state index in [-0.39, 0.29) is 50.2 Å². The number of hydrogen-bond acceptors (Lipinski definition) is 10. The number of aromatic hydroxyl groups is 1. The molecule has 0 saturated heterocycles. The minimum absolute atomic E-state index is 0.0188. The summed E-state index contributed by atoms with van der Waals surface area (Å²) in [5.74, 6) is -3.06. The normalized spacial score (nSPS) is 13.5. The first-order chi connectivity index (χ1) is 21.7. The third kappa shape index (κ3) is 12.3. The molecule has 0 bridgehead atoms. The Morgan fingerprint density at radius 2 is 1.59 bits per heavy atom. The molecule has 4 atom stereocenters. The molecule has 0 saturated carbocycles. The zero-order valence-corrected chi connectivity index (χ0v) is 27.6. The quantitative estimate of drug-likeness (QED) is 0.145. The molecule has 7 N–H and O–H groups in total. The Morgan fingerprint density at radius 3 is 2.17 bits per heavy atom. The molecule has 0 aliphatic rings. The van der Waals surface area contributed by atoms with Gasteiger partial charge in [0, 0.05) is 42.2 Å². The number of ether oxygens (including phenoxy) is 1. The predicted molar refractivity (Wildman–Crippen MR) is 174 cm³/mol. The van der Waals surface area contributed by atoms with E-state index in [0.29, 0.717) is 5.56 Å². The number of nitrogens with two attached hydrogens (primary N) is 2. The van der Waals surface area contributed by atoms with E-state index in [2.05, 4.69) is 10.6 Å². The lowest BCUT2D eigenvalue weighted by molar-refractivity contribution is -0.143. The van der Waals surface area contributed by atoms with Crippen LogP contribution in [0.4, 0.5) is 0 Å². The Kier molecular flexibility index (Phi) is 15.5. The lowest BCUT2D eigenvalue weighted by Gasteiger charge is -2.31. The molecule has 0 heterocycles. The zero-order chi connectivity index (χ0) is 34.4. The van der Waals surface area contributed by atoms with Gasteiger partial charge in [0.1, 0.15) is 11.8 Å². The average molecular weight is 660 g/mol. The summed E-state index contributed by atoms with van der Waals surface area (Å²) >= 11 is 0. The van der Waals surface area contributed by atoms with Crippen LogP contribution in [-0.2, 0) is 52.4 Å². The average Bonchev–Trinajstić information content (AvgIpc) is 3.01. The highest BCUT2D eigenvalue weighted by atomic mass is 32.2. The van der Waals surface area contributed by atoms with Crippen molar-refractivity contribution in [2.24, 2.45) is 11.5 Å². The van der Waals surface area contributed by atoms with Gasteiger partial charge >= 0.3 is 5.97 Å². The fourth-order valence-corrected chi connectivity index (χ4v) is 5.44. The lowest BCUT2D eigenvalue weighted by Crippen LogP contribution is -2.56. The smallest absolute Gasteiger partial charge is 0.305 e. The van der Waals surface area contributed by atoms with Gasteiger partial charge in [-0.15, -0.1) is 0 Å². The van der Waals surface area contributed by atoms with E-state index in [1.807, 2.05) is 0 Å². The second-order valence-electron chi connectivity index (χ2n) is 11.1. The van der Waals surface area contributed by atoms with E-state index in [0.717, 1.165) is 16.7 Å². The summed E-state index contributed by atoms with van der Waals surface area (Å²) < 4.78 is 16.2. The van der Waals surface area contributed by atoms with Gasteiger partial charge in [-0.05, 0) is 67.5 Å². The molecule has 2 aromatic carbocycles. The SMILES string of the molecule is COC(=O)CCCN(C(=O)CNC(=O)[C@@H](N)Cc1c(C)cc(O)cc1C)[C@@H](Cc1ccccc1)C(=O)NC(=O)C(N)CCS(C)=O. The molecule has 46 heavy (non-hydrogen) atoms. The number of carbonyl (C=O) groups is 5. The number of nitrogens with one attached hydrogen (secondary N) is 2. The van der Waals surface area contributed by atoms with Crippen molar-refractivity contribution in [3.8, 4) is 5.75 Å². The summed E-state index contributed by atoms with van der Waals surface area (Å²) in [5, 5.41) is 14.6. The highest BCUT2D eigenvalue weighted by Gasteiger charge is 2.32. The maximum Gasteiger partial charge on any atom is 0.305 e. The van der Waals surface area contributed by atoms with Crippen molar-refractivity contribution in [1.29, 1.82) is 0 Å². The number of phenolic OH excluding ortho intramolecular Hbond substituents is 1. The molecule has 0 spiro atoms. The Bertz CT molecular complexity index is 1380. The molecule has 2 aromatic rings. The van der Waals surface area contributed by atoms with Gasteiger partial charge in [0.15, 0.2) is 0 Å². The monoisotopic (exact) mass is 659 g/mol. The van der Waals surface area contributed by atoms with E-state index < -0.39 is 65.1 Å². The molecule has 4 amide bonds. The molecule has 0 aromatic heterocycles. The number of methoxy groups -OCH3 is 1. The van der Waals surface area contributed by atoms with Crippen LogP contribution in [0.5, 0.6) is 5.75 Å². The van der Waals surface area contributed by atoms with Crippen molar-refractivity contribution in [3.05, 3.63) is 64.7 Å². The van der Waals surface area contributed by atoms with Crippen molar-refractivity contribution in [1.82, 2.24) is 15.5 Å². The van der Waals surface area contributed by atoms with Crippen LogP contribution >= 0.6 is 0 Å². The fraction of sp³-hybridized carbons (Fsp3) is 0.469. The number of imide groups is 1. The Labute approximate surface area is 271 Å². The molecular formula is C32H45N5O8S. The second kappa shape index (κ2) is 18.7. The van der Waals surface area contributed by atoms with Crippen LogP contribution in [0.1, 0.15) is 41.5 Å². The highest BCUT2D eigenvalue weighted by molar-refractivity contribution is 7.84. The van der Waals surface area contributed by atoms with E-state index >= 15 is 0 Å². The molecule has 0 aliphatic heterocycles. The predicted octanol–water partition coefficient (Wildman–Crippen LogP) is 0.127. The van der Waals surface area contributed by atoms with E-state index in [4.69, 9.17) is 16.2 Å². The molecule has 252 valence electrons. The lowest BCUT2D eigenvalue weighted by atomic mass is 9.96. The van der Waals surface area contributed by atoms with Crippen LogP contribution in [0.15, 0.2) is 42.5 Å². The number of carbonyl (C=O) groups excluding carboxylic acids is 5. The molecule has 2 rings (SSSR count). The van der Waals surface area contributed by atoms with Crippen LogP contribution in [0, 0.1) is 13.8 Å². The Hall–Kier alpha value is -4.14. The van der Waals surface area contributed by atoms with E-state index in [1.54, 1.807) is 56.3 Å². The topological polar surface area (TPSA) is 211 Å². The summed E-state index contributed by atoms with van der Waals surface area (Å²) in [4.78, 5) is 66.0. The van der Waals surface area contributed by atoms with Crippen molar-refractivity contribution in [2.45, 2.75) is 64.1 Å². The summed E-state index contributed by atoms with van der Waals surface area (Å²) in [6.07, 6.45) is 1.84. The second-order valence-corrected chi connectivity index (χ2v) is 12.6. The van der Waals surface area contributed by atoms with Crippen molar-refractivity contribution < 1.29 is 38.0 Å². The van der Waals surface area contributed by atoms with Crippen LogP contribution in [0.25, 0.3) is 0 Å². The van der Waals surface area contributed by atoms with Crippen LogP contribution in [0.3, 0.4) is 0 Å². The van der Waals surface area contributed by atoms with Crippen molar-refractivity contribution in [3.63, 3.8) is 0 Å². The molecule has 14 heteroatoms. The third-order valence-electron chi connectivity index (χ3n) is 7.43. The van der Waals surface area contributed by atoms with Crippen molar-refractivity contribution in [2.75, 3.05) is 32.2 Å². The first-order valence-electron chi connectivity index (χ1n) is 14.9. The number of esters is 1. The Balaban J connectivity index is 2.28. The standard InChI is InChI=1S/C32H45N5O8S/c1-20-15-23(38)16-21(2)24(20)18-26(34)30(41)35-19-28(39)37(13-8-11-29(40)45-3)27(17-22-9-6-5-7-10-22)32(43)36-31(42)25(33)12-14-46(4)44/h5-7,9-10,15-16,25-27,38H,8,11-14,17-19,33-34H2,1-4H3,(H,35,41)(H,36,42,43)/t25?,26-,27-,46?/m0/s1. The summed E-state index contributed by atoms with van der Waals surface area (Å²) in [6.45, 7) is 3.01. The molecule has 13 nitrogen and oxygen atoms in total. The van der Waals surface area contributed by atoms with Crippen LogP contribution < -0.4 is 22.1 Å². The molecule has 0 radical (unpaired) electrons. The van der Waals surface area contributed by atoms with Gasteiger partial charge in [0.2, 0.25) is 23.6 Å². The maximum absolute atomic E-state index is 13.7. The highest BCUT2D eigenvalue weighted by Crippen LogP contribution is 2.22. The van der Waals surface area contributed by atoms with Gasteiger partial charge < -0.3 is 31.5 Å². The first kappa shape index (κ1) is 38.0. The third-order valence-corrected chi connectivity index (χ3v) is 8.24. The number of nitrogens with zero attached hydrogens (tertiary/aromatic N) is 1.